The van der Waals surface area contributed by atoms with E-state index in [-0.39, 0.29) is 23.8 Å². The van der Waals surface area contributed by atoms with Gasteiger partial charge in [0.2, 0.25) is 12.8 Å². The van der Waals surface area contributed by atoms with Gasteiger partial charge >= 0.3 is 0 Å². The molecule has 0 aliphatic rings. The van der Waals surface area contributed by atoms with Gasteiger partial charge in [-0.15, -0.1) is 0 Å². The summed E-state index contributed by atoms with van der Waals surface area (Å²) in [6.45, 7) is 0.201. The maximum Gasteiger partial charge on any atom is 0.226 e. The van der Waals surface area contributed by atoms with Crippen molar-refractivity contribution in [2.24, 2.45) is 0 Å². The molecule has 0 aromatic heterocycles. The summed E-state index contributed by atoms with van der Waals surface area (Å²) in [4.78, 5) is 0. The number of benzene rings is 3. The van der Waals surface area contributed by atoms with Crippen LogP contribution in [0.4, 0.5) is 0 Å². The second kappa shape index (κ2) is 8.84. The number of rotatable bonds is 6. The zero-order valence-electron chi connectivity index (χ0n) is 15.9. The van der Waals surface area contributed by atoms with Gasteiger partial charge in [-0.25, -0.2) is 0 Å². The van der Waals surface area contributed by atoms with Crippen LogP contribution in [0.2, 0.25) is 0 Å². The molecule has 148 valence electrons. The summed E-state index contributed by atoms with van der Waals surface area (Å²) in [5.74, 6) is 0.656. The van der Waals surface area contributed by atoms with Crippen LogP contribution in [0.25, 0.3) is 12.2 Å². The van der Waals surface area contributed by atoms with Gasteiger partial charge in [0.1, 0.15) is 11.5 Å². The average Bonchev–Trinajstić information content (AvgIpc) is 2.71. The summed E-state index contributed by atoms with van der Waals surface area (Å²) in [7, 11) is 1.49. The van der Waals surface area contributed by atoms with E-state index in [4.69, 9.17) is 4.74 Å². The Bertz CT molecular complexity index is 1060. The van der Waals surface area contributed by atoms with Crippen LogP contribution in [-0.2, 0) is 6.54 Å². The lowest BCUT2D eigenvalue weighted by molar-refractivity contribution is -0.783. The number of ether oxygens (including phenoxy) is 1. The number of hydroxylamine groups is 1. The first kappa shape index (κ1) is 19.8. The lowest BCUT2D eigenvalue weighted by atomic mass is 10.1. The van der Waals surface area contributed by atoms with Gasteiger partial charge in [-0.05, 0) is 64.4 Å². The average molecular weight is 392 g/mol. The lowest BCUT2D eigenvalue weighted by Crippen LogP contribution is -2.08. The molecule has 4 N–H and O–H groups in total. The highest BCUT2D eigenvalue weighted by molar-refractivity contribution is 5.82. The maximum atomic E-state index is 10.2. The maximum absolute atomic E-state index is 10.2. The molecule has 0 radical (unpaired) electrons. The molecule has 0 fully saturated rings. The van der Waals surface area contributed by atoms with Crippen molar-refractivity contribution in [3.8, 4) is 23.0 Å². The minimum atomic E-state index is 0.0400. The van der Waals surface area contributed by atoms with Crippen LogP contribution in [0.5, 0.6) is 23.0 Å². The third-order valence-electron chi connectivity index (χ3n) is 4.29. The normalized spacial score (nSPS) is 11.7. The first-order valence-electron chi connectivity index (χ1n) is 8.91. The molecule has 3 rings (SSSR count). The number of methoxy groups -OCH3 is 1. The van der Waals surface area contributed by atoms with Gasteiger partial charge in [-0.1, -0.05) is 24.3 Å². The third kappa shape index (κ3) is 5.29. The molecule has 6 heteroatoms. The molecule has 0 aliphatic carbocycles. The molecule has 3 aromatic carbocycles. The van der Waals surface area contributed by atoms with Crippen molar-refractivity contribution in [3.63, 3.8) is 0 Å². The Morgan fingerprint density at radius 2 is 1.45 bits per heavy atom. The molecule has 0 unspecified atom stereocenters. The Balaban J connectivity index is 1.79. The molecule has 0 saturated carbocycles. The van der Waals surface area contributed by atoms with Crippen LogP contribution in [0, 0.1) is 0 Å². The van der Waals surface area contributed by atoms with Crippen LogP contribution in [0.1, 0.15) is 22.3 Å². The summed E-state index contributed by atoms with van der Waals surface area (Å²) >= 11 is 0. The fourth-order valence-electron chi connectivity index (χ4n) is 2.77. The van der Waals surface area contributed by atoms with Crippen molar-refractivity contribution >= 4 is 18.4 Å². The van der Waals surface area contributed by atoms with E-state index >= 15 is 0 Å². The minimum absolute atomic E-state index is 0.0400. The lowest BCUT2D eigenvalue weighted by Gasteiger charge is -2.04. The molecule has 0 spiro atoms. The Morgan fingerprint density at radius 3 is 2.10 bits per heavy atom. The van der Waals surface area contributed by atoms with Crippen molar-refractivity contribution in [3.05, 3.63) is 82.9 Å². The molecule has 0 heterocycles. The van der Waals surface area contributed by atoms with Gasteiger partial charge in [0, 0.05) is 5.56 Å². The SMILES string of the molecule is COc1cc(/C=C/c2ccc(O)c(/C=[N+](/O)Cc3ccc(O)cc3)c2)ccc1O. The Labute approximate surface area is 168 Å². The molecular weight excluding hydrogens is 370 g/mol. The first-order valence-corrected chi connectivity index (χ1v) is 8.91. The Kier molecular flexibility index (Phi) is 6.04. The minimum Gasteiger partial charge on any atom is -0.508 e. The standard InChI is InChI=1S/C23H21NO5/c1-29-23-13-17(7-11-22(23)27)3-2-16-6-10-21(26)19(12-16)15-24(28)14-18-4-8-20(25)9-5-18/h2-13,15,25,27-28H,14H2,1H3/p+1/b3-2+. The van der Waals surface area contributed by atoms with Crippen molar-refractivity contribution in [2.45, 2.75) is 6.54 Å². The highest BCUT2D eigenvalue weighted by Gasteiger charge is 2.09. The van der Waals surface area contributed by atoms with Crippen molar-refractivity contribution in [2.75, 3.05) is 7.11 Å². The van der Waals surface area contributed by atoms with Gasteiger partial charge < -0.3 is 20.1 Å². The van der Waals surface area contributed by atoms with Gasteiger partial charge in [0.15, 0.2) is 11.5 Å². The van der Waals surface area contributed by atoms with Gasteiger partial charge in [0.25, 0.3) is 0 Å². The molecule has 0 bridgehead atoms. The zero-order chi connectivity index (χ0) is 20.8. The number of hydrogen-bond donors (Lipinski definition) is 4. The molecule has 3 aromatic rings. The van der Waals surface area contributed by atoms with Crippen molar-refractivity contribution in [1.82, 2.24) is 0 Å². The second-order valence-electron chi connectivity index (χ2n) is 6.48. The van der Waals surface area contributed by atoms with Crippen molar-refractivity contribution in [1.29, 1.82) is 0 Å². The Hall–Kier alpha value is -3.93. The fraction of sp³-hybridized carbons (Fsp3) is 0.0870. The summed E-state index contributed by atoms with van der Waals surface area (Å²) in [6.07, 6.45) is 5.14. The summed E-state index contributed by atoms with van der Waals surface area (Å²) < 4.78 is 6.07. The van der Waals surface area contributed by atoms with E-state index in [1.807, 2.05) is 12.2 Å². The van der Waals surface area contributed by atoms with E-state index in [9.17, 15) is 20.5 Å². The van der Waals surface area contributed by atoms with E-state index in [0.29, 0.717) is 11.3 Å². The molecule has 0 aliphatic heterocycles. The molecular formula is C23H22NO5+. The molecule has 6 nitrogen and oxygen atoms in total. The van der Waals surface area contributed by atoms with Crippen LogP contribution < -0.4 is 4.74 Å². The highest BCUT2D eigenvalue weighted by atomic mass is 16.5. The zero-order valence-corrected chi connectivity index (χ0v) is 15.9. The number of hydrogen-bond acceptors (Lipinski definition) is 5. The smallest absolute Gasteiger partial charge is 0.226 e. The van der Waals surface area contributed by atoms with E-state index in [1.165, 1.54) is 13.3 Å². The topological polar surface area (TPSA) is 93.2 Å². The first-order chi connectivity index (χ1) is 13.9. The molecule has 0 saturated heterocycles. The van der Waals surface area contributed by atoms with E-state index in [1.54, 1.807) is 60.7 Å². The quantitative estimate of drug-likeness (QED) is 0.167. The van der Waals surface area contributed by atoms with Crippen LogP contribution in [0.15, 0.2) is 60.7 Å². The van der Waals surface area contributed by atoms with Crippen LogP contribution in [-0.4, -0.2) is 38.6 Å². The van der Waals surface area contributed by atoms with E-state index in [2.05, 4.69) is 0 Å². The van der Waals surface area contributed by atoms with Crippen molar-refractivity contribution < 1.29 is 30.0 Å². The van der Waals surface area contributed by atoms with Gasteiger partial charge in [-0.2, -0.15) is 0 Å². The number of aromatic hydroxyl groups is 3. The van der Waals surface area contributed by atoms with Gasteiger partial charge in [0.05, 0.1) is 12.7 Å². The predicted octanol–water partition coefficient (Wildman–Crippen LogP) is 4.00. The second-order valence-corrected chi connectivity index (χ2v) is 6.48. The molecule has 0 amide bonds. The Morgan fingerprint density at radius 1 is 0.828 bits per heavy atom. The fourth-order valence-corrected chi connectivity index (χ4v) is 2.77. The summed E-state index contributed by atoms with van der Waals surface area (Å²) in [5, 5.41) is 39.3. The number of nitrogens with zero attached hydrogens (tertiary/aromatic N) is 1. The highest BCUT2D eigenvalue weighted by Crippen LogP contribution is 2.27. The largest absolute Gasteiger partial charge is 0.508 e. The summed E-state index contributed by atoms with van der Waals surface area (Å²) in [6, 6.07) is 16.6. The monoisotopic (exact) mass is 392 g/mol. The van der Waals surface area contributed by atoms with Crippen LogP contribution >= 0.6 is 0 Å². The number of phenols is 3. The van der Waals surface area contributed by atoms with E-state index in [0.717, 1.165) is 21.4 Å². The molecule has 29 heavy (non-hydrogen) atoms. The van der Waals surface area contributed by atoms with E-state index < -0.39 is 0 Å². The third-order valence-corrected chi connectivity index (χ3v) is 4.29. The van der Waals surface area contributed by atoms with Crippen LogP contribution in [0.3, 0.4) is 0 Å². The predicted molar refractivity (Wildman–Crippen MR) is 111 cm³/mol. The number of phenolic OH excluding ortho intramolecular Hbond substituents is 3. The molecule has 0 atom stereocenters. The van der Waals surface area contributed by atoms with Gasteiger partial charge in [-0.3, -0.25) is 5.21 Å². The summed E-state index contributed by atoms with van der Waals surface area (Å²) in [5.41, 5.74) is 2.92.